The fourth-order valence-corrected chi connectivity index (χ4v) is 1.97. The van der Waals surface area contributed by atoms with E-state index in [9.17, 15) is 35.1 Å². The lowest BCUT2D eigenvalue weighted by atomic mass is 9.90. The predicted octanol–water partition coefficient (Wildman–Crippen LogP) is 4.27. The number of alkyl halides is 6. The third kappa shape index (κ3) is 3.63. The summed E-state index contributed by atoms with van der Waals surface area (Å²) in [6.45, 7) is 1.14. The van der Waals surface area contributed by atoms with Crippen molar-refractivity contribution in [1.29, 1.82) is 0 Å². The van der Waals surface area contributed by atoms with Crippen LogP contribution in [-0.2, 0) is 0 Å². The Morgan fingerprint density at radius 2 is 1.38 bits per heavy atom. The average molecular weight is 321 g/mol. The lowest BCUT2D eigenvalue weighted by Gasteiger charge is -2.31. The van der Waals surface area contributed by atoms with Gasteiger partial charge in [-0.05, 0) is 19.5 Å². The van der Waals surface area contributed by atoms with Crippen molar-refractivity contribution in [2.45, 2.75) is 25.3 Å². The van der Waals surface area contributed by atoms with Crippen molar-refractivity contribution in [3.8, 4) is 0 Å². The molecule has 0 heterocycles. The van der Waals surface area contributed by atoms with Crippen LogP contribution in [0.25, 0.3) is 0 Å². The molecule has 0 aliphatic rings. The Morgan fingerprint density at radius 3 is 1.76 bits per heavy atom. The minimum Gasteiger partial charge on any atom is -0.312 e. The molecule has 0 aliphatic heterocycles. The topological polar surface area (TPSA) is 12.0 Å². The van der Waals surface area contributed by atoms with E-state index < -0.39 is 41.5 Å². The molecule has 0 amide bonds. The van der Waals surface area contributed by atoms with Crippen LogP contribution in [0.1, 0.15) is 17.2 Å². The zero-order valence-corrected chi connectivity index (χ0v) is 10.8. The van der Waals surface area contributed by atoms with Gasteiger partial charge in [0.25, 0.3) is 0 Å². The Hall–Kier alpha value is -1.38. The maximum Gasteiger partial charge on any atom is 0.402 e. The summed E-state index contributed by atoms with van der Waals surface area (Å²) in [5, 5.41) is 1.77. The Morgan fingerprint density at radius 1 is 0.905 bits per heavy atom. The average Bonchev–Trinajstić information content (AvgIpc) is 2.30. The van der Waals surface area contributed by atoms with Crippen molar-refractivity contribution in [3.05, 3.63) is 34.9 Å². The van der Waals surface area contributed by atoms with E-state index in [0.29, 0.717) is 6.07 Å². The van der Waals surface area contributed by atoms with Gasteiger partial charge in [0.15, 0.2) is 17.6 Å². The molecule has 1 aromatic carbocycles. The van der Waals surface area contributed by atoms with Crippen LogP contribution >= 0.6 is 0 Å². The smallest absolute Gasteiger partial charge is 0.312 e. The van der Waals surface area contributed by atoms with Crippen LogP contribution < -0.4 is 5.32 Å². The summed E-state index contributed by atoms with van der Waals surface area (Å²) < 4.78 is 103. The summed E-state index contributed by atoms with van der Waals surface area (Å²) in [6, 6.07) is -0.860. The van der Waals surface area contributed by atoms with Crippen LogP contribution in [0.15, 0.2) is 12.1 Å². The fourth-order valence-electron chi connectivity index (χ4n) is 1.97. The molecular formula is C12H11F8N. The normalized spacial score (nSPS) is 14.6. The van der Waals surface area contributed by atoms with Gasteiger partial charge < -0.3 is 5.32 Å². The molecule has 1 rings (SSSR count). The highest BCUT2D eigenvalue weighted by Crippen LogP contribution is 2.46. The van der Waals surface area contributed by atoms with Gasteiger partial charge in [0.2, 0.25) is 0 Å². The molecule has 1 unspecified atom stereocenters. The molecule has 0 radical (unpaired) electrons. The second-order valence-corrected chi connectivity index (χ2v) is 4.43. The first-order chi connectivity index (χ1) is 9.41. The highest BCUT2D eigenvalue weighted by Gasteiger charge is 2.60. The predicted molar refractivity (Wildman–Crippen MR) is 58.5 cm³/mol. The van der Waals surface area contributed by atoms with Crippen molar-refractivity contribution < 1.29 is 35.1 Å². The van der Waals surface area contributed by atoms with Crippen LogP contribution in [0.3, 0.4) is 0 Å². The molecule has 1 nitrogen and oxygen atoms in total. The van der Waals surface area contributed by atoms with Crippen molar-refractivity contribution in [3.63, 3.8) is 0 Å². The first kappa shape index (κ1) is 17.7. The molecular weight excluding hydrogens is 310 g/mol. The van der Waals surface area contributed by atoms with E-state index in [1.54, 1.807) is 5.32 Å². The van der Waals surface area contributed by atoms with Crippen LogP contribution in [0.2, 0.25) is 0 Å². The monoisotopic (exact) mass is 321 g/mol. The van der Waals surface area contributed by atoms with Crippen LogP contribution in [0.4, 0.5) is 35.1 Å². The van der Waals surface area contributed by atoms with Crippen LogP contribution in [-0.4, -0.2) is 19.4 Å². The molecule has 0 saturated heterocycles. The summed E-state index contributed by atoms with van der Waals surface area (Å²) in [7, 11) is 0.812. The van der Waals surface area contributed by atoms with Gasteiger partial charge in [-0.15, -0.1) is 0 Å². The first-order valence-electron chi connectivity index (χ1n) is 5.66. The Balaban J connectivity index is 3.45. The standard InChI is InChI=1S/C12H11F8N/c1-5-3-4-6(8(14)7(5)13)9(21-2)10(11(15,16)17)12(18,19)20/h3-4,9-10,21H,1-2H3. The van der Waals surface area contributed by atoms with E-state index in [2.05, 4.69) is 0 Å². The molecule has 21 heavy (non-hydrogen) atoms. The van der Waals surface area contributed by atoms with E-state index in [0.717, 1.165) is 20.0 Å². The minimum absolute atomic E-state index is 0.221. The summed E-state index contributed by atoms with van der Waals surface area (Å²) in [6.07, 6.45) is -11.3. The molecule has 9 heteroatoms. The lowest BCUT2D eigenvalue weighted by Crippen LogP contribution is -2.45. The molecule has 0 bridgehead atoms. The van der Waals surface area contributed by atoms with Gasteiger partial charge in [-0.3, -0.25) is 0 Å². The summed E-state index contributed by atoms with van der Waals surface area (Å²) in [4.78, 5) is 0. The van der Waals surface area contributed by atoms with Gasteiger partial charge in [0.1, 0.15) is 0 Å². The van der Waals surface area contributed by atoms with Gasteiger partial charge in [-0.1, -0.05) is 12.1 Å². The zero-order valence-electron chi connectivity index (χ0n) is 10.8. The zero-order chi connectivity index (χ0) is 16.6. The largest absolute Gasteiger partial charge is 0.402 e. The maximum absolute atomic E-state index is 13.7. The number of nitrogens with one attached hydrogen (secondary N) is 1. The molecule has 0 aromatic heterocycles. The highest BCUT2D eigenvalue weighted by atomic mass is 19.4. The van der Waals surface area contributed by atoms with E-state index in [1.165, 1.54) is 0 Å². The lowest BCUT2D eigenvalue weighted by molar-refractivity contribution is -0.292. The van der Waals surface area contributed by atoms with Crippen molar-refractivity contribution in [1.82, 2.24) is 5.32 Å². The van der Waals surface area contributed by atoms with Gasteiger partial charge in [-0.25, -0.2) is 8.78 Å². The van der Waals surface area contributed by atoms with Crippen molar-refractivity contribution >= 4 is 0 Å². The van der Waals surface area contributed by atoms with Crippen LogP contribution in [0.5, 0.6) is 0 Å². The second-order valence-electron chi connectivity index (χ2n) is 4.43. The molecule has 0 spiro atoms. The maximum atomic E-state index is 13.7. The molecule has 1 atom stereocenters. The number of rotatable bonds is 3. The number of hydrogen-bond donors (Lipinski definition) is 1. The third-order valence-electron chi connectivity index (χ3n) is 2.99. The first-order valence-corrected chi connectivity index (χ1v) is 5.66. The highest BCUT2D eigenvalue weighted by molar-refractivity contribution is 5.29. The Labute approximate surface area is 114 Å². The fraction of sp³-hybridized carbons (Fsp3) is 0.500. The Bertz CT molecular complexity index is 491. The number of benzene rings is 1. The SMILES string of the molecule is CNC(c1ccc(C)c(F)c1F)C(C(F)(F)F)C(F)(F)F. The van der Waals surface area contributed by atoms with E-state index in [1.807, 2.05) is 0 Å². The molecule has 1 aromatic rings. The van der Waals surface area contributed by atoms with E-state index in [4.69, 9.17) is 0 Å². The van der Waals surface area contributed by atoms with E-state index in [-0.39, 0.29) is 5.56 Å². The number of aryl methyl sites for hydroxylation is 1. The van der Waals surface area contributed by atoms with E-state index >= 15 is 0 Å². The molecule has 0 saturated carbocycles. The second kappa shape index (κ2) is 5.78. The number of halogens is 8. The van der Waals surface area contributed by atoms with Crippen molar-refractivity contribution in [2.24, 2.45) is 5.92 Å². The quantitative estimate of drug-likeness (QED) is 0.820. The summed E-state index contributed by atoms with van der Waals surface area (Å²) in [5.74, 6) is -7.06. The molecule has 0 aliphatic carbocycles. The van der Waals surface area contributed by atoms with Gasteiger partial charge in [0.05, 0.1) is 6.04 Å². The van der Waals surface area contributed by atoms with Crippen molar-refractivity contribution in [2.75, 3.05) is 7.05 Å². The van der Waals surface area contributed by atoms with Crippen LogP contribution in [0, 0.1) is 24.5 Å². The third-order valence-corrected chi connectivity index (χ3v) is 2.99. The molecule has 0 fully saturated rings. The summed E-state index contributed by atoms with van der Waals surface area (Å²) >= 11 is 0. The van der Waals surface area contributed by atoms with Gasteiger partial charge in [-0.2, -0.15) is 26.3 Å². The Kier molecular flexibility index (Phi) is 4.87. The number of hydrogen-bond acceptors (Lipinski definition) is 1. The molecule has 1 N–H and O–H groups in total. The summed E-state index contributed by atoms with van der Waals surface area (Å²) in [5.41, 5.74) is -1.25. The van der Waals surface area contributed by atoms with Gasteiger partial charge in [0, 0.05) is 5.56 Å². The molecule has 120 valence electrons. The van der Waals surface area contributed by atoms with Gasteiger partial charge >= 0.3 is 12.4 Å². The minimum atomic E-state index is -5.67.